The first-order valence-electron chi connectivity index (χ1n) is 11.3. The minimum absolute atomic E-state index is 0.178. The summed E-state index contributed by atoms with van der Waals surface area (Å²) in [5.74, 6) is -0.485. The maximum absolute atomic E-state index is 13.0. The lowest BCUT2D eigenvalue weighted by Crippen LogP contribution is -2.22. The molecule has 0 bridgehead atoms. The summed E-state index contributed by atoms with van der Waals surface area (Å²) in [6.07, 6.45) is 2.88. The number of anilines is 1. The summed E-state index contributed by atoms with van der Waals surface area (Å²) >= 11 is 0. The Morgan fingerprint density at radius 3 is 2.25 bits per heavy atom. The van der Waals surface area contributed by atoms with E-state index in [-0.39, 0.29) is 16.7 Å². The molecule has 2 amide bonds. The van der Waals surface area contributed by atoms with Gasteiger partial charge in [-0.1, -0.05) is 42.5 Å². The van der Waals surface area contributed by atoms with Crippen molar-refractivity contribution in [1.82, 2.24) is 9.88 Å². The molecular formula is C28H27N3O4S. The Balaban J connectivity index is 1.53. The van der Waals surface area contributed by atoms with E-state index in [1.54, 1.807) is 24.4 Å². The van der Waals surface area contributed by atoms with Crippen LogP contribution in [0.1, 0.15) is 31.8 Å². The predicted molar refractivity (Wildman–Crippen MR) is 141 cm³/mol. The van der Waals surface area contributed by atoms with Crippen molar-refractivity contribution in [2.24, 2.45) is 7.05 Å². The summed E-state index contributed by atoms with van der Waals surface area (Å²) in [6.45, 7) is 2.29. The van der Waals surface area contributed by atoms with E-state index < -0.39 is 9.84 Å². The lowest BCUT2D eigenvalue weighted by Gasteiger charge is -2.10. The van der Waals surface area contributed by atoms with Gasteiger partial charge in [0.25, 0.3) is 11.8 Å². The molecule has 4 aromatic rings. The number of hydrogen-bond acceptors (Lipinski definition) is 4. The van der Waals surface area contributed by atoms with Crippen molar-refractivity contribution < 1.29 is 18.0 Å². The molecule has 2 N–H and O–H groups in total. The molecule has 0 atom stereocenters. The van der Waals surface area contributed by atoms with Crippen LogP contribution in [0.2, 0.25) is 0 Å². The minimum Gasteiger partial charge on any atom is -0.350 e. The number of aryl methyl sites for hydroxylation is 1. The highest BCUT2D eigenvalue weighted by atomic mass is 32.2. The van der Waals surface area contributed by atoms with Crippen LogP contribution >= 0.6 is 0 Å². The van der Waals surface area contributed by atoms with Crippen LogP contribution in [0.15, 0.2) is 90.0 Å². The fraction of sp³-hybridized carbons (Fsp3) is 0.143. The van der Waals surface area contributed by atoms with Crippen molar-refractivity contribution in [2.75, 3.05) is 11.6 Å². The highest BCUT2D eigenvalue weighted by molar-refractivity contribution is 7.90. The topological polar surface area (TPSA) is 97.3 Å². The largest absolute Gasteiger partial charge is 0.350 e. The Labute approximate surface area is 210 Å². The first kappa shape index (κ1) is 24.9. The molecule has 0 aliphatic carbocycles. The molecule has 7 nitrogen and oxygen atoms in total. The van der Waals surface area contributed by atoms with Crippen molar-refractivity contribution in [3.8, 4) is 11.3 Å². The molecule has 4 rings (SSSR count). The molecule has 1 heterocycles. The third-order valence-corrected chi connectivity index (χ3v) is 7.04. The summed E-state index contributed by atoms with van der Waals surface area (Å²) < 4.78 is 25.2. The van der Waals surface area contributed by atoms with E-state index in [2.05, 4.69) is 10.6 Å². The van der Waals surface area contributed by atoms with Gasteiger partial charge >= 0.3 is 0 Å². The number of carbonyl (C=O) groups excluding carboxylic acids is 2. The molecule has 0 saturated carbocycles. The van der Waals surface area contributed by atoms with Gasteiger partial charge in [0.1, 0.15) is 0 Å². The Morgan fingerprint density at radius 1 is 0.889 bits per heavy atom. The SMILES string of the molecule is Cc1c(C(=O)Nc2ccc(S(C)(=O)=O)cc2)cn(C)c1-c1cccc(C(=O)NCc2ccccc2)c1. The summed E-state index contributed by atoms with van der Waals surface area (Å²) in [6, 6.07) is 23.0. The average molecular weight is 502 g/mol. The number of carbonyl (C=O) groups is 2. The van der Waals surface area contributed by atoms with Crippen molar-refractivity contribution in [1.29, 1.82) is 0 Å². The highest BCUT2D eigenvalue weighted by Crippen LogP contribution is 2.28. The van der Waals surface area contributed by atoms with Crippen LogP contribution in [0.4, 0.5) is 5.69 Å². The lowest BCUT2D eigenvalue weighted by molar-refractivity contribution is 0.0950. The second-order valence-corrected chi connectivity index (χ2v) is 10.6. The van der Waals surface area contributed by atoms with E-state index in [9.17, 15) is 18.0 Å². The van der Waals surface area contributed by atoms with Crippen molar-refractivity contribution in [3.05, 3.63) is 107 Å². The molecule has 0 radical (unpaired) electrons. The standard InChI is InChI=1S/C28H27N3O4S/c1-19-25(28(33)30-23-12-14-24(15-13-23)36(3,34)35)18-31(2)26(19)21-10-7-11-22(16-21)27(32)29-17-20-8-5-4-6-9-20/h4-16,18H,17H2,1-3H3,(H,29,32)(H,30,33). The average Bonchev–Trinajstić information content (AvgIpc) is 3.16. The van der Waals surface area contributed by atoms with Crippen LogP contribution in [-0.2, 0) is 23.4 Å². The van der Waals surface area contributed by atoms with Gasteiger partial charge in [0.15, 0.2) is 9.84 Å². The van der Waals surface area contributed by atoms with Gasteiger partial charge in [0, 0.05) is 37.3 Å². The van der Waals surface area contributed by atoms with E-state index >= 15 is 0 Å². The summed E-state index contributed by atoms with van der Waals surface area (Å²) in [4.78, 5) is 25.9. The van der Waals surface area contributed by atoms with E-state index in [1.807, 2.05) is 67.1 Å². The van der Waals surface area contributed by atoms with Gasteiger partial charge in [-0.2, -0.15) is 0 Å². The molecule has 36 heavy (non-hydrogen) atoms. The number of aromatic nitrogens is 1. The fourth-order valence-corrected chi connectivity index (χ4v) is 4.70. The number of sulfone groups is 1. The van der Waals surface area contributed by atoms with Crippen LogP contribution < -0.4 is 10.6 Å². The summed E-state index contributed by atoms with van der Waals surface area (Å²) in [5.41, 5.74) is 4.93. The summed E-state index contributed by atoms with van der Waals surface area (Å²) in [5, 5.41) is 5.76. The third-order valence-electron chi connectivity index (χ3n) is 5.91. The van der Waals surface area contributed by atoms with Crippen molar-refractivity contribution in [2.45, 2.75) is 18.4 Å². The van der Waals surface area contributed by atoms with Crippen LogP contribution in [-0.4, -0.2) is 31.1 Å². The number of hydrogen-bond donors (Lipinski definition) is 2. The number of nitrogens with zero attached hydrogens (tertiary/aromatic N) is 1. The van der Waals surface area contributed by atoms with E-state index in [0.717, 1.165) is 28.6 Å². The molecule has 0 saturated heterocycles. The molecule has 0 spiro atoms. The zero-order chi connectivity index (χ0) is 25.9. The lowest BCUT2D eigenvalue weighted by atomic mass is 10.0. The van der Waals surface area contributed by atoms with E-state index in [4.69, 9.17) is 0 Å². The number of nitrogens with one attached hydrogen (secondary N) is 2. The van der Waals surface area contributed by atoms with Gasteiger partial charge in [-0.3, -0.25) is 9.59 Å². The Kier molecular flexibility index (Phi) is 7.07. The normalized spacial score (nSPS) is 11.2. The number of rotatable bonds is 7. The van der Waals surface area contributed by atoms with Gasteiger partial charge in [-0.05, 0) is 60.0 Å². The molecule has 0 unspecified atom stereocenters. The van der Waals surface area contributed by atoms with Gasteiger partial charge in [0.2, 0.25) is 0 Å². The quantitative estimate of drug-likeness (QED) is 0.387. The van der Waals surface area contributed by atoms with E-state index in [0.29, 0.717) is 23.4 Å². The monoisotopic (exact) mass is 501 g/mol. The Bertz CT molecular complexity index is 1520. The maximum atomic E-state index is 13.0. The predicted octanol–water partition coefficient (Wildman–Crippen LogP) is 4.59. The second kappa shape index (κ2) is 10.2. The maximum Gasteiger partial charge on any atom is 0.257 e. The third kappa shape index (κ3) is 5.55. The first-order valence-corrected chi connectivity index (χ1v) is 13.2. The van der Waals surface area contributed by atoms with Crippen LogP contribution in [0, 0.1) is 6.92 Å². The fourth-order valence-electron chi connectivity index (χ4n) is 4.07. The highest BCUT2D eigenvalue weighted by Gasteiger charge is 2.19. The molecule has 3 aromatic carbocycles. The molecule has 8 heteroatoms. The van der Waals surface area contributed by atoms with Crippen LogP contribution in [0.5, 0.6) is 0 Å². The molecular weight excluding hydrogens is 474 g/mol. The van der Waals surface area contributed by atoms with Gasteiger partial charge in [-0.15, -0.1) is 0 Å². The smallest absolute Gasteiger partial charge is 0.257 e. The molecule has 0 aliphatic rings. The zero-order valence-corrected chi connectivity index (χ0v) is 21.1. The molecule has 184 valence electrons. The van der Waals surface area contributed by atoms with E-state index in [1.165, 1.54) is 12.1 Å². The van der Waals surface area contributed by atoms with Gasteiger partial charge in [0.05, 0.1) is 16.2 Å². The number of amides is 2. The van der Waals surface area contributed by atoms with Crippen molar-refractivity contribution >= 4 is 27.3 Å². The van der Waals surface area contributed by atoms with Crippen molar-refractivity contribution in [3.63, 3.8) is 0 Å². The first-order chi connectivity index (χ1) is 17.1. The molecule has 0 fully saturated rings. The zero-order valence-electron chi connectivity index (χ0n) is 20.3. The summed E-state index contributed by atoms with van der Waals surface area (Å²) in [7, 11) is -1.46. The van der Waals surface area contributed by atoms with Gasteiger partial charge < -0.3 is 15.2 Å². The molecule has 0 aliphatic heterocycles. The Morgan fingerprint density at radius 2 is 1.58 bits per heavy atom. The number of benzene rings is 3. The van der Waals surface area contributed by atoms with Crippen LogP contribution in [0.25, 0.3) is 11.3 Å². The van der Waals surface area contributed by atoms with Gasteiger partial charge in [-0.25, -0.2) is 8.42 Å². The Hall–Kier alpha value is -4.17. The van der Waals surface area contributed by atoms with Crippen LogP contribution in [0.3, 0.4) is 0 Å². The second-order valence-electron chi connectivity index (χ2n) is 8.63. The minimum atomic E-state index is -3.31. The molecule has 1 aromatic heterocycles.